The minimum Gasteiger partial charge on any atom is -0.497 e. The standard InChI is InChI=1S/C15H22O3/c1-3-4-5-6-15(11-16)18-12-13-7-9-14(17-2)10-8-13/h4-5,7-10,15-16H,3,6,11-12H2,1-2H3/b5-4-/t15-/m1/s1. The predicted octanol–water partition coefficient (Wildman–Crippen LogP) is 2.93. The van der Waals surface area contributed by atoms with E-state index in [4.69, 9.17) is 9.47 Å². The van der Waals surface area contributed by atoms with Crippen molar-refractivity contribution in [1.82, 2.24) is 0 Å². The number of benzene rings is 1. The lowest BCUT2D eigenvalue weighted by Crippen LogP contribution is -2.16. The topological polar surface area (TPSA) is 38.7 Å². The molecule has 18 heavy (non-hydrogen) atoms. The van der Waals surface area contributed by atoms with Crippen molar-refractivity contribution in [2.45, 2.75) is 32.5 Å². The molecule has 3 heteroatoms. The van der Waals surface area contributed by atoms with Crippen LogP contribution in [0, 0.1) is 0 Å². The van der Waals surface area contributed by atoms with Crippen molar-refractivity contribution in [3.05, 3.63) is 42.0 Å². The third-order valence-electron chi connectivity index (χ3n) is 2.65. The van der Waals surface area contributed by atoms with Crippen LogP contribution < -0.4 is 4.74 Å². The molecule has 3 nitrogen and oxygen atoms in total. The van der Waals surface area contributed by atoms with Gasteiger partial charge in [-0.1, -0.05) is 31.2 Å². The van der Waals surface area contributed by atoms with Gasteiger partial charge in [-0.25, -0.2) is 0 Å². The Balaban J connectivity index is 2.38. The first-order valence-corrected chi connectivity index (χ1v) is 6.30. The largest absolute Gasteiger partial charge is 0.497 e. The molecule has 0 aliphatic rings. The summed E-state index contributed by atoms with van der Waals surface area (Å²) < 4.78 is 10.7. The van der Waals surface area contributed by atoms with Gasteiger partial charge in [0.05, 0.1) is 26.4 Å². The second-order valence-corrected chi connectivity index (χ2v) is 4.08. The van der Waals surface area contributed by atoms with Gasteiger partial charge in [-0.15, -0.1) is 0 Å². The monoisotopic (exact) mass is 250 g/mol. The second kappa shape index (κ2) is 8.72. The maximum atomic E-state index is 9.21. The Labute approximate surface area is 109 Å². The highest BCUT2D eigenvalue weighted by atomic mass is 16.5. The number of ether oxygens (including phenoxy) is 2. The molecule has 1 N–H and O–H groups in total. The number of aliphatic hydroxyl groups excluding tert-OH is 1. The summed E-state index contributed by atoms with van der Waals surface area (Å²) in [5.74, 6) is 0.836. The highest BCUT2D eigenvalue weighted by Crippen LogP contribution is 2.13. The summed E-state index contributed by atoms with van der Waals surface area (Å²) >= 11 is 0. The van der Waals surface area contributed by atoms with E-state index in [-0.39, 0.29) is 12.7 Å². The maximum absolute atomic E-state index is 9.21. The first-order valence-electron chi connectivity index (χ1n) is 6.30. The smallest absolute Gasteiger partial charge is 0.118 e. The lowest BCUT2D eigenvalue weighted by molar-refractivity contribution is 0.00470. The number of hydrogen-bond acceptors (Lipinski definition) is 3. The average molecular weight is 250 g/mol. The molecule has 1 aromatic carbocycles. The van der Waals surface area contributed by atoms with Gasteiger partial charge in [0, 0.05) is 0 Å². The van der Waals surface area contributed by atoms with Crippen molar-refractivity contribution in [2.24, 2.45) is 0 Å². The summed E-state index contributed by atoms with van der Waals surface area (Å²) in [6, 6.07) is 7.75. The number of rotatable bonds is 8. The highest BCUT2D eigenvalue weighted by Gasteiger charge is 2.05. The van der Waals surface area contributed by atoms with Gasteiger partial charge in [0.2, 0.25) is 0 Å². The maximum Gasteiger partial charge on any atom is 0.118 e. The molecule has 0 amide bonds. The summed E-state index contributed by atoms with van der Waals surface area (Å²) in [4.78, 5) is 0. The molecule has 0 aromatic heterocycles. The van der Waals surface area contributed by atoms with E-state index in [0.717, 1.165) is 24.2 Å². The van der Waals surface area contributed by atoms with E-state index in [9.17, 15) is 5.11 Å². The van der Waals surface area contributed by atoms with Crippen LogP contribution >= 0.6 is 0 Å². The van der Waals surface area contributed by atoms with E-state index in [1.54, 1.807) is 7.11 Å². The molecule has 0 bridgehead atoms. The first-order chi connectivity index (χ1) is 8.80. The van der Waals surface area contributed by atoms with E-state index in [1.807, 2.05) is 24.3 Å². The Morgan fingerprint density at radius 1 is 1.22 bits per heavy atom. The quantitative estimate of drug-likeness (QED) is 0.721. The summed E-state index contributed by atoms with van der Waals surface area (Å²) in [6.07, 6.45) is 5.76. The summed E-state index contributed by atoms with van der Waals surface area (Å²) in [6.45, 7) is 2.64. The molecule has 0 heterocycles. The molecule has 1 rings (SSSR count). The zero-order chi connectivity index (χ0) is 13.2. The van der Waals surface area contributed by atoms with Gasteiger partial charge in [-0.2, -0.15) is 0 Å². The molecule has 0 unspecified atom stereocenters. The molecule has 0 aliphatic heterocycles. The first kappa shape index (κ1) is 14.7. The van der Waals surface area contributed by atoms with Crippen LogP contribution in [0.3, 0.4) is 0 Å². The molecule has 1 atom stereocenters. The van der Waals surface area contributed by atoms with Gasteiger partial charge in [-0.05, 0) is 30.5 Å². The molecule has 0 fully saturated rings. The number of methoxy groups -OCH3 is 1. The lowest BCUT2D eigenvalue weighted by atomic mass is 10.2. The Morgan fingerprint density at radius 2 is 1.94 bits per heavy atom. The van der Waals surface area contributed by atoms with Crippen LogP contribution in [0.5, 0.6) is 5.75 Å². The van der Waals surface area contributed by atoms with E-state index < -0.39 is 0 Å². The third-order valence-corrected chi connectivity index (χ3v) is 2.65. The minimum atomic E-state index is -0.130. The van der Waals surface area contributed by atoms with E-state index in [1.165, 1.54) is 0 Å². The van der Waals surface area contributed by atoms with Gasteiger partial charge < -0.3 is 14.6 Å². The molecule has 1 aromatic rings. The Morgan fingerprint density at radius 3 is 2.50 bits per heavy atom. The van der Waals surface area contributed by atoms with Crippen LogP contribution in [0.25, 0.3) is 0 Å². The number of allylic oxidation sites excluding steroid dienone is 1. The molecule has 0 radical (unpaired) electrons. The highest BCUT2D eigenvalue weighted by molar-refractivity contribution is 5.26. The van der Waals surface area contributed by atoms with Gasteiger partial charge in [0.1, 0.15) is 5.75 Å². The van der Waals surface area contributed by atoms with E-state index in [2.05, 4.69) is 19.1 Å². The van der Waals surface area contributed by atoms with Crippen molar-refractivity contribution < 1.29 is 14.6 Å². The molecule has 0 spiro atoms. The normalized spacial score (nSPS) is 12.8. The fourth-order valence-electron chi connectivity index (χ4n) is 1.55. The van der Waals surface area contributed by atoms with Crippen molar-refractivity contribution in [3.8, 4) is 5.75 Å². The lowest BCUT2D eigenvalue weighted by Gasteiger charge is -2.13. The number of aliphatic hydroxyl groups is 1. The summed E-state index contributed by atoms with van der Waals surface area (Å²) in [5.41, 5.74) is 1.08. The van der Waals surface area contributed by atoms with E-state index in [0.29, 0.717) is 6.61 Å². The summed E-state index contributed by atoms with van der Waals surface area (Å²) in [5, 5.41) is 9.21. The van der Waals surface area contributed by atoms with Gasteiger partial charge in [0.25, 0.3) is 0 Å². The predicted molar refractivity (Wildman–Crippen MR) is 72.7 cm³/mol. The van der Waals surface area contributed by atoms with Crippen molar-refractivity contribution in [2.75, 3.05) is 13.7 Å². The Kier molecular flexibility index (Phi) is 7.14. The molecule has 0 saturated heterocycles. The zero-order valence-corrected chi connectivity index (χ0v) is 11.1. The third kappa shape index (κ3) is 5.34. The average Bonchev–Trinajstić information content (AvgIpc) is 2.43. The fourth-order valence-corrected chi connectivity index (χ4v) is 1.55. The molecular weight excluding hydrogens is 228 g/mol. The fraction of sp³-hybridized carbons (Fsp3) is 0.467. The van der Waals surface area contributed by atoms with Crippen LogP contribution in [0.4, 0.5) is 0 Å². The van der Waals surface area contributed by atoms with Crippen LogP contribution in [0.1, 0.15) is 25.3 Å². The van der Waals surface area contributed by atoms with Gasteiger partial charge in [0.15, 0.2) is 0 Å². The van der Waals surface area contributed by atoms with Crippen molar-refractivity contribution in [1.29, 1.82) is 0 Å². The van der Waals surface area contributed by atoms with Crippen molar-refractivity contribution >= 4 is 0 Å². The van der Waals surface area contributed by atoms with Crippen LogP contribution in [-0.2, 0) is 11.3 Å². The molecule has 0 aliphatic carbocycles. The SMILES string of the molecule is CC/C=C\C[C@H](CO)OCc1ccc(OC)cc1. The summed E-state index contributed by atoms with van der Waals surface area (Å²) in [7, 11) is 1.65. The van der Waals surface area contributed by atoms with Crippen LogP contribution in [0.15, 0.2) is 36.4 Å². The molecule has 100 valence electrons. The number of hydrogen-bond donors (Lipinski definition) is 1. The van der Waals surface area contributed by atoms with Crippen LogP contribution in [-0.4, -0.2) is 24.9 Å². The van der Waals surface area contributed by atoms with Gasteiger partial charge >= 0.3 is 0 Å². The Bertz CT molecular complexity index is 343. The van der Waals surface area contributed by atoms with Gasteiger partial charge in [-0.3, -0.25) is 0 Å². The van der Waals surface area contributed by atoms with Crippen molar-refractivity contribution in [3.63, 3.8) is 0 Å². The molecular formula is C15H22O3. The zero-order valence-electron chi connectivity index (χ0n) is 11.1. The second-order valence-electron chi connectivity index (χ2n) is 4.08. The van der Waals surface area contributed by atoms with Crippen LogP contribution in [0.2, 0.25) is 0 Å². The Hall–Kier alpha value is -1.32. The van der Waals surface area contributed by atoms with E-state index >= 15 is 0 Å². The minimum absolute atomic E-state index is 0.0458. The molecule has 0 saturated carbocycles.